The lowest BCUT2D eigenvalue weighted by Crippen LogP contribution is -2.26. The van der Waals surface area contributed by atoms with Crippen LogP contribution in [0.3, 0.4) is 0 Å². The van der Waals surface area contributed by atoms with E-state index < -0.39 is 11.7 Å². The van der Waals surface area contributed by atoms with Gasteiger partial charge >= 0.3 is 6.18 Å². The minimum atomic E-state index is -4.29. The number of rotatable bonds is 5. The molecule has 2 heterocycles. The van der Waals surface area contributed by atoms with Gasteiger partial charge in [-0.15, -0.1) is 11.3 Å². The Morgan fingerprint density at radius 3 is 2.65 bits per heavy atom. The van der Waals surface area contributed by atoms with Crippen molar-refractivity contribution in [3.05, 3.63) is 57.8 Å². The molecular formula is C16H15F3N2OS. The highest BCUT2D eigenvalue weighted by atomic mass is 32.1. The minimum absolute atomic E-state index is 0.0402. The second-order valence-corrected chi connectivity index (χ2v) is 6.22. The molecule has 0 aliphatic carbocycles. The van der Waals surface area contributed by atoms with Crippen LogP contribution in [0.2, 0.25) is 0 Å². The van der Waals surface area contributed by atoms with Gasteiger partial charge in [-0.1, -0.05) is 23.4 Å². The Morgan fingerprint density at radius 1 is 1.22 bits per heavy atom. The predicted molar refractivity (Wildman–Crippen MR) is 83.5 cm³/mol. The molecule has 3 rings (SSSR count). The fourth-order valence-corrected chi connectivity index (χ4v) is 3.03. The van der Waals surface area contributed by atoms with Gasteiger partial charge in [0, 0.05) is 19.5 Å². The van der Waals surface area contributed by atoms with Crippen LogP contribution in [0.25, 0.3) is 0 Å². The molecule has 1 unspecified atom stereocenters. The molecule has 0 saturated carbocycles. The molecular weight excluding hydrogens is 325 g/mol. The fourth-order valence-electron chi connectivity index (χ4n) is 2.32. The summed E-state index contributed by atoms with van der Waals surface area (Å²) in [5.41, 5.74) is 1.12. The highest BCUT2D eigenvalue weighted by molar-refractivity contribution is 7.12. The van der Waals surface area contributed by atoms with Gasteiger partial charge in [-0.2, -0.15) is 13.2 Å². The first-order valence-electron chi connectivity index (χ1n) is 7.16. The maximum absolute atomic E-state index is 12.5. The van der Waals surface area contributed by atoms with Gasteiger partial charge in [0.05, 0.1) is 10.4 Å². The van der Waals surface area contributed by atoms with Crippen LogP contribution in [0.15, 0.2) is 46.9 Å². The summed E-state index contributed by atoms with van der Waals surface area (Å²) in [6, 6.07) is 9.14. The number of nitrogens with zero attached hydrogens (tertiary/aromatic N) is 1. The first-order chi connectivity index (χ1) is 11.0. The Hall–Kier alpha value is -1.86. The number of nitrogens with one attached hydrogen (secondary N) is 1. The Bertz CT molecular complexity index is 666. The number of thiophene rings is 1. The fraction of sp³-hybridized carbons (Fsp3) is 0.312. The molecule has 0 bridgehead atoms. The summed E-state index contributed by atoms with van der Waals surface area (Å²) in [6.45, 7) is 1.09. The van der Waals surface area contributed by atoms with Crippen LogP contribution in [-0.4, -0.2) is 18.4 Å². The van der Waals surface area contributed by atoms with E-state index in [1.54, 1.807) is 11.3 Å². The molecule has 0 saturated heterocycles. The second-order valence-electron chi connectivity index (χ2n) is 5.27. The van der Waals surface area contributed by atoms with Crippen molar-refractivity contribution in [2.75, 3.05) is 6.54 Å². The normalized spacial score (nSPS) is 17.9. The van der Waals surface area contributed by atoms with Crippen LogP contribution < -0.4 is 5.32 Å². The molecule has 1 aliphatic rings. The Morgan fingerprint density at radius 2 is 2.00 bits per heavy atom. The summed E-state index contributed by atoms with van der Waals surface area (Å²) in [6.07, 6.45) is -3.60. The smallest absolute Gasteiger partial charge is 0.390 e. The van der Waals surface area contributed by atoms with E-state index in [2.05, 4.69) is 10.5 Å². The predicted octanol–water partition coefficient (Wildman–Crippen LogP) is 4.05. The third-order valence-corrected chi connectivity index (χ3v) is 4.44. The third-order valence-electron chi connectivity index (χ3n) is 3.52. The standard InChI is InChI=1S/C16H15F3N2OS/c17-16(18,19)12-5-3-11(4-6-12)9-20-10-13-8-14(21-22-13)15-2-1-7-23-15/h1-7,13,20H,8-10H2. The summed E-state index contributed by atoms with van der Waals surface area (Å²) in [5.74, 6) is 0. The average molecular weight is 340 g/mol. The Balaban J connectivity index is 1.44. The maximum atomic E-state index is 12.5. The molecule has 0 spiro atoms. The van der Waals surface area contributed by atoms with Crippen molar-refractivity contribution in [3.8, 4) is 0 Å². The summed E-state index contributed by atoms with van der Waals surface area (Å²) in [5, 5.41) is 9.27. The lowest BCUT2D eigenvalue weighted by atomic mass is 10.1. The van der Waals surface area contributed by atoms with Crippen LogP contribution in [0.4, 0.5) is 13.2 Å². The third kappa shape index (κ3) is 4.11. The van der Waals surface area contributed by atoms with E-state index in [-0.39, 0.29) is 6.10 Å². The van der Waals surface area contributed by atoms with Gasteiger partial charge in [0.25, 0.3) is 0 Å². The van der Waals surface area contributed by atoms with Gasteiger partial charge in [0.2, 0.25) is 0 Å². The quantitative estimate of drug-likeness (QED) is 0.891. The SMILES string of the molecule is FC(F)(F)c1ccc(CNCC2CC(c3cccs3)=NO2)cc1. The van der Waals surface area contributed by atoms with Crippen molar-refractivity contribution in [2.24, 2.45) is 5.16 Å². The highest BCUT2D eigenvalue weighted by Crippen LogP contribution is 2.29. The summed E-state index contributed by atoms with van der Waals surface area (Å²) in [4.78, 5) is 6.48. The number of halogens is 3. The van der Waals surface area contributed by atoms with Gasteiger partial charge in [-0.25, -0.2) is 0 Å². The average Bonchev–Trinajstić information content (AvgIpc) is 3.18. The molecule has 0 fully saturated rings. The molecule has 7 heteroatoms. The van der Waals surface area contributed by atoms with Gasteiger partial charge in [0.15, 0.2) is 0 Å². The lowest BCUT2D eigenvalue weighted by Gasteiger charge is -2.11. The number of hydrogen-bond donors (Lipinski definition) is 1. The van der Waals surface area contributed by atoms with Gasteiger partial charge < -0.3 is 10.2 Å². The van der Waals surface area contributed by atoms with Crippen LogP contribution >= 0.6 is 11.3 Å². The molecule has 0 amide bonds. The van der Waals surface area contributed by atoms with Crippen molar-refractivity contribution in [2.45, 2.75) is 25.2 Å². The number of benzene rings is 1. The van der Waals surface area contributed by atoms with Crippen molar-refractivity contribution in [1.29, 1.82) is 0 Å². The highest BCUT2D eigenvalue weighted by Gasteiger charge is 2.29. The van der Waals surface area contributed by atoms with Crippen molar-refractivity contribution >= 4 is 17.0 Å². The van der Waals surface area contributed by atoms with Crippen LogP contribution in [0.1, 0.15) is 22.4 Å². The second kappa shape index (κ2) is 6.72. The zero-order chi connectivity index (χ0) is 16.3. The van der Waals surface area contributed by atoms with Gasteiger partial charge in [0.1, 0.15) is 11.8 Å². The largest absolute Gasteiger partial charge is 0.416 e. The molecule has 0 radical (unpaired) electrons. The van der Waals surface area contributed by atoms with Crippen molar-refractivity contribution in [3.63, 3.8) is 0 Å². The molecule has 122 valence electrons. The van der Waals surface area contributed by atoms with Crippen LogP contribution in [-0.2, 0) is 17.6 Å². The van der Waals surface area contributed by atoms with Crippen molar-refractivity contribution in [1.82, 2.24) is 5.32 Å². The maximum Gasteiger partial charge on any atom is 0.416 e. The van der Waals surface area contributed by atoms with Gasteiger partial charge in [-0.3, -0.25) is 0 Å². The topological polar surface area (TPSA) is 33.6 Å². The summed E-state index contributed by atoms with van der Waals surface area (Å²) < 4.78 is 37.5. The molecule has 1 aromatic heterocycles. The van der Waals surface area contributed by atoms with E-state index in [0.717, 1.165) is 34.7 Å². The monoisotopic (exact) mass is 340 g/mol. The van der Waals surface area contributed by atoms with Crippen LogP contribution in [0.5, 0.6) is 0 Å². The van der Waals surface area contributed by atoms with E-state index in [9.17, 15) is 13.2 Å². The molecule has 23 heavy (non-hydrogen) atoms. The van der Waals surface area contributed by atoms with Crippen molar-refractivity contribution < 1.29 is 18.0 Å². The number of alkyl halides is 3. The number of oxime groups is 1. The number of hydrogen-bond acceptors (Lipinski definition) is 4. The molecule has 1 aliphatic heterocycles. The first kappa shape index (κ1) is 16.0. The minimum Gasteiger partial charge on any atom is -0.390 e. The van der Waals surface area contributed by atoms with E-state index in [0.29, 0.717) is 13.1 Å². The first-order valence-corrected chi connectivity index (χ1v) is 8.04. The Labute approximate surface area is 135 Å². The molecule has 1 N–H and O–H groups in total. The Kier molecular flexibility index (Phi) is 4.68. The van der Waals surface area contributed by atoms with E-state index in [1.165, 1.54) is 12.1 Å². The van der Waals surface area contributed by atoms with Crippen LogP contribution in [0, 0.1) is 0 Å². The summed E-state index contributed by atoms with van der Waals surface area (Å²) >= 11 is 1.62. The van der Waals surface area contributed by atoms with E-state index in [1.807, 2.05) is 17.5 Å². The lowest BCUT2D eigenvalue weighted by molar-refractivity contribution is -0.137. The zero-order valence-electron chi connectivity index (χ0n) is 12.1. The molecule has 1 atom stereocenters. The molecule has 3 nitrogen and oxygen atoms in total. The summed E-state index contributed by atoms with van der Waals surface area (Å²) in [7, 11) is 0. The van der Waals surface area contributed by atoms with Gasteiger partial charge in [-0.05, 0) is 29.1 Å². The van der Waals surface area contributed by atoms with E-state index in [4.69, 9.17) is 4.84 Å². The van der Waals surface area contributed by atoms with E-state index >= 15 is 0 Å². The molecule has 2 aromatic rings. The zero-order valence-corrected chi connectivity index (χ0v) is 13.0. The molecule has 1 aromatic carbocycles.